The number of imidazole rings is 1. The monoisotopic (exact) mass is 240 g/mol. The van der Waals surface area contributed by atoms with Crippen molar-refractivity contribution in [2.24, 2.45) is 0 Å². The zero-order chi connectivity index (χ0) is 12.7. The molecule has 0 unspecified atom stereocenters. The van der Waals surface area contributed by atoms with E-state index in [0.29, 0.717) is 5.69 Å². The lowest BCUT2D eigenvalue weighted by atomic mass is 10.2. The zero-order valence-corrected chi connectivity index (χ0v) is 9.84. The van der Waals surface area contributed by atoms with E-state index in [-0.39, 0.29) is 11.4 Å². The van der Waals surface area contributed by atoms with Crippen LogP contribution in [0.15, 0.2) is 47.3 Å². The molecule has 1 aromatic heterocycles. The topological polar surface area (TPSA) is 58.0 Å². The van der Waals surface area contributed by atoms with Crippen molar-refractivity contribution in [1.82, 2.24) is 9.55 Å². The van der Waals surface area contributed by atoms with Crippen LogP contribution in [0.1, 0.15) is 5.56 Å². The third kappa shape index (κ3) is 1.50. The van der Waals surface area contributed by atoms with E-state index in [4.69, 9.17) is 0 Å². The molecule has 18 heavy (non-hydrogen) atoms. The number of aromatic nitrogens is 2. The molecule has 0 saturated carbocycles. The molecular formula is C14H12N2O2. The van der Waals surface area contributed by atoms with Crippen molar-refractivity contribution in [3.05, 3.63) is 58.5 Å². The molecule has 2 aromatic carbocycles. The Labute approximate surface area is 103 Å². The summed E-state index contributed by atoms with van der Waals surface area (Å²) in [5, 5.41) is 9.50. The number of hydrogen-bond acceptors (Lipinski definition) is 2. The molecule has 0 spiro atoms. The van der Waals surface area contributed by atoms with Gasteiger partial charge in [0.25, 0.3) is 0 Å². The third-order valence-electron chi connectivity index (χ3n) is 3.01. The Morgan fingerprint density at radius 3 is 2.72 bits per heavy atom. The van der Waals surface area contributed by atoms with Gasteiger partial charge in [0, 0.05) is 6.07 Å². The van der Waals surface area contributed by atoms with E-state index in [9.17, 15) is 9.90 Å². The molecule has 0 radical (unpaired) electrons. The van der Waals surface area contributed by atoms with E-state index >= 15 is 0 Å². The highest BCUT2D eigenvalue weighted by atomic mass is 16.3. The average Bonchev–Trinajstić information content (AvgIpc) is 2.67. The first kappa shape index (κ1) is 10.7. The highest BCUT2D eigenvalue weighted by Gasteiger charge is 2.09. The van der Waals surface area contributed by atoms with Gasteiger partial charge < -0.3 is 10.1 Å². The minimum atomic E-state index is -0.204. The normalized spacial score (nSPS) is 10.9. The fourth-order valence-electron chi connectivity index (χ4n) is 2.16. The fraction of sp³-hybridized carbons (Fsp3) is 0.0714. The minimum Gasteiger partial charge on any atom is -0.508 e. The van der Waals surface area contributed by atoms with Gasteiger partial charge in [-0.3, -0.25) is 4.57 Å². The van der Waals surface area contributed by atoms with Crippen LogP contribution in [-0.2, 0) is 0 Å². The maximum absolute atomic E-state index is 12.0. The number of rotatable bonds is 1. The fourth-order valence-corrected chi connectivity index (χ4v) is 2.16. The van der Waals surface area contributed by atoms with Crippen molar-refractivity contribution in [2.45, 2.75) is 6.92 Å². The van der Waals surface area contributed by atoms with Crippen LogP contribution in [-0.4, -0.2) is 14.7 Å². The number of H-pyrrole nitrogens is 1. The minimum absolute atomic E-state index is 0.140. The lowest BCUT2D eigenvalue weighted by Gasteiger charge is -2.04. The van der Waals surface area contributed by atoms with Crippen LogP contribution in [0, 0.1) is 6.92 Å². The number of hydrogen-bond donors (Lipinski definition) is 2. The van der Waals surface area contributed by atoms with E-state index < -0.39 is 0 Å². The summed E-state index contributed by atoms with van der Waals surface area (Å²) >= 11 is 0. The number of para-hydroxylation sites is 1. The van der Waals surface area contributed by atoms with Gasteiger partial charge in [0.15, 0.2) is 0 Å². The summed E-state index contributed by atoms with van der Waals surface area (Å²) in [7, 11) is 0. The van der Waals surface area contributed by atoms with Gasteiger partial charge in [0.1, 0.15) is 5.75 Å². The Bertz CT molecular complexity index is 784. The van der Waals surface area contributed by atoms with Gasteiger partial charge in [-0.05, 0) is 30.7 Å². The van der Waals surface area contributed by atoms with Gasteiger partial charge in [-0.25, -0.2) is 4.79 Å². The lowest BCUT2D eigenvalue weighted by molar-refractivity contribution is 0.475. The summed E-state index contributed by atoms with van der Waals surface area (Å²) in [6, 6.07) is 12.4. The number of phenols is 1. The predicted molar refractivity (Wildman–Crippen MR) is 70.3 cm³/mol. The largest absolute Gasteiger partial charge is 0.508 e. The molecule has 2 N–H and O–H groups in total. The number of aromatic amines is 1. The van der Waals surface area contributed by atoms with E-state index in [1.807, 2.05) is 25.1 Å². The van der Waals surface area contributed by atoms with Crippen molar-refractivity contribution in [1.29, 1.82) is 0 Å². The molecule has 3 rings (SSSR count). The van der Waals surface area contributed by atoms with Gasteiger partial charge in [-0.1, -0.05) is 18.2 Å². The Balaban J connectivity index is 2.39. The standard InChI is InChI=1S/C14H12N2O2/c1-9-4-2-7-12-13(9)15-14(18)16(12)10-5-3-6-11(17)8-10/h2-8,17H,1H3,(H,15,18). The predicted octanol–water partition coefficient (Wildman–Crippen LogP) is 2.33. The molecule has 0 bridgehead atoms. The molecule has 4 nitrogen and oxygen atoms in total. The maximum Gasteiger partial charge on any atom is 0.331 e. The van der Waals surface area contributed by atoms with Crippen molar-refractivity contribution in [3.63, 3.8) is 0 Å². The summed E-state index contributed by atoms with van der Waals surface area (Å²) in [4.78, 5) is 14.9. The molecule has 0 saturated heterocycles. The Kier molecular flexibility index (Phi) is 2.23. The molecule has 0 aliphatic heterocycles. The van der Waals surface area contributed by atoms with Gasteiger partial charge in [-0.2, -0.15) is 0 Å². The summed E-state index contributed by atoms with van der Waals surface area (Å²) in [5.41, 5.74) is 3.10. The van der Waals surface area contributed by atoms with Crippen molar-refractivity contribution in [3.8, 4) is 11.4 Å². The molecule has 90 valence electrons. The van der Waals surface area contributed by atoms with E-state index in [2.05, 4.69) is 4.98 Å². The van der Waals surface area contributed by atoms with E-state index in [1.54, 1.807) is 28.8 Å². The Morgan fingerprint density at radius 1 is 1.17 bits per heavy atom. The van der Waals surface area contributed by atoms with E-state index in [0.717, 1.165) is 16.6 Å². The summed E-state index contributed by atoms with van der Waals surface area (Å²) in [6.07, 6.45) is 0. The van der Waals surface area contributed by atoms with Crippen LogP contribution < -0.4 is 5.69 Å². The van der Waals surface area contributed by atoms with Crippen LogP contribution in [0.2, 0.25) is 0 Å². The van der Waals surface area contributed by atoms with Crippen LogP contribution >= 0.6 is 0 Å². The SMILES string of the molecule is Cc1cccc2c1[nH]c(=O)n2-c1cccc(O)c1. The maximum atomic E-state index is 12.0. The van der Waals surface area contributed by atoms with Crippen LogP contribution in [0.4, 0.5) is 0 Å². The van der Waals surface area contributed by atoms with Gasteiger partial charge in [0.2, 0.25) is 0 Å². The summed E-state index contributed by atoms with van der Waals surface area (Å²) in [6.45, 7) is 1.95. The molecule has 0 fully saturated rings. The lowest BCUT2D eigenvalue weighted by Crippen LogP contribution is -2.14. The van der Waals surface area contributed by atoms with Crippen LogP contribution in [0.25, 0.3) is 16.7 Å². The molecule has 3 aromatic rings. The number of benzene rings is 2. The third-order valence-corrected chi connectivity index (χ3v) is 3.01. The Hall–Kier alpha value is -2.49. The summed E-state index contributed by atoms with van der Waals surface area (Å²) < 4.78 is 1.56. The molecule has 4 heteroatoms. The number of phenolic OH excluding ortho intramolecular Hbond substituents is 1. The molecular weight excluding hydrogens is 228 g/mol. The highest BCUT2D eigenvalue weighted by Crippen LogP contribution is 2.20. The first-order valence-electron chi connectivity index (χ1n) is 5.66. The Morgan fingerprint density at radius 2 is 1.94 bits per heavy atom. The van der Waals surface area contributed by atoms with Crippen LogP contribution in [0.5, 0.6) is 5.75 Å². The molecule has 0 aliphatic rings. The van der Waals surface area contributed by atoms with Crippen LogP contribution in [0.3, 0.4) is 0 Å². The van der Waals surface area contributed by atoms with Crippen molar-refractivity contribution >= 4 is 11.0 Å². The molecule has 0 atom stereocenters. The number of aromatic hydroxyl groups is 1. The highest BCUT2D eigenvalue weighted by molar-refractivity contribution is 5.80. The van der Waals surface area contributed by atoms with Gasteiger partial charge in [-0.15, -0.1) is 0 Å². The molecule has 1 heterocycles. The van der Waals surface area contributed by atoms with Gasteiger partial charge in [0.05, 0.1) is 16.7 Å². The quantitative estimate of drug-likeness (QED) is 0.685. The molecule has 0 amide bonds. The summed E-state index contributed by atoms with van der Waals surface area (Å²) in [5.74, 6) is 0.140. The molecule has 0 aliphatic carbocycles. The second-order valence-electron chi connectivity index (χ2n) is 4.25. The van der Waals surface area contributed by atoms with Crippen molar-refractivity contribution in [2.75, 3.05) is 0 Å². The van der Waals surface area contributed by atoms with Gasteiger partial charge >= 0.3 is 5.69 Å². The number of aryl methyl sites for hydroxylation is 1. The second kappa shape index (κ2) is 3.77. The number of nitrogens with zero attached hydrogens (tertiary/aromatic N) is 1. The zero-order valence-electron chi connectivity index (χ0n) is 9.84. The second-order valence-corrected chi connectivity index (χ2v) is 4.25. The first-order valence-corrected chi connectivity index (χ1v) is 5.66. The smallest absolute Gasteiger partial charge is 0.331 e. The van der Waals surface area contributed by atoms with Crippen molar-refractivity contribution < 1.29 is 5.11 Å². The average molecular weight is 240 g/mol. The number of nitrogens with one attached hydrogen (secondary N) is 1. The first-order chi connectivity index (χ1) is 8.66. The number of fused-ring (bicyclic) bond motifs is 1. The van der Waals surface area contributed by atoms with E-state index in [1.165, 1.54) is 0 Å².